The van der Waals surface area contributed by atoms with Gasteiger partial charge in [0.05, 0.1) is 17.5 Å². The number of furan rings is 1. The fourth-order valence-electron chi connectivity index (χ4n) is 2.44. The van der Waals surface area contributed by atoms with Gasteiger partial charge in [0, 0.05) is 17.3 Å². The van der Waals surface area contributed by atoms with Gasteiger partial charge >= 0.3 is 5.97 Å². The first-order chi connectivity index (χ1) is 13.5. The van der Waals surface area contributed by atoms with Gasteiger partial charge < -0.3 is 20.2 Å². The lowest BCUT2D eigenvalue weighted by Crippen LogP contribution is -2.15. The molecule has 0 bridgehead atoms. The highest BCUT2D eigenvalue weighted by Gasteiger charge is 2.13. The highest BCUT2D eigenvalue weighted by atomic mass is 16.4. The first-order valence-electron chi connectivity index (χ1n) is 8.29. The van der Waals surface area contributed by atoms with Gasteiger partial charge in [-0.3, -0.25) is 9.59 Å². The van der Waals surface area contributed by atoms with Crippen molar-refractivity contribution in [2.75, 3.05) is 10.6 Å². The number of anilines is 2. The van der Waals surface area contributed by atoms with Crippen molar-refractivity contribution in [2.45, 2.75) is 0 Å². The van der Waals surface area contributed by atoms with Gasteiger partial charge in [-0.15, -0.1) is 0 Å². The smallest absolute Gasteiger partial charge is 0.337 e. The summed E-state index contributed by atoms with van der Waals surface area (Å²) in [5.74, 6) is -1.47. The lowest BCUT2D eigenvalue weighted by molar-refractivity contribution is -0.111. The maximum atomic E-state index is 12.5. The van der Waals surface area contributed by atoms with Gasteiger partial charge in [0.1, 0.15) is 5.76 Å². The summed E-state index contributed by atoms with van der Waals surface area (Å²) >= 11 is 0. The quantitative estimate of drug-likeness (QED) is 0.566. The summed E-state index contributed by atoms with van der Waals surface area (Å²) < 4.78 is 5.11. The third kappa shape index (κ3) is 4.73. The van der Waals surface area contributed by atoms with Gasteiger partial charge in [-0.25, -0.2) is 4.79 Å². The zero-order valence-corrected chi connectivity index (χ0v) is 14.6. The van der Waals surface area contributed by atoms with Crippen LogP contribution in [0, 0.1) is 0 Å². The van der Waals surface area contributed by atoms with Crippen molar-refractivity contribution >= 4 is 35.2 Å². The van der Waals surface area contributed by atoms with E-state index < -0.39 is 11.9 Å². The Kier molecular flexibility index (Phi) is 5.66. The van der Waals surface area contributed by atoms with E-state index in [1.807, 2.05) is 0 Å². The van der Waals surface area contributed by atoms with E-state index in [2.05, 4.69) is 10.6 Å². The number of carboxylic acids is 1. The zero-order valence-electron chi connectivity index (χ0n) is 14.6. The van der Waals surface area contributed by atoms with Crippen molar-refractivity contribution in [3.8, 4) is 0 Å². The largest absolute Gasteiger partial charge is 0.478 e. The van der Waals surface area contributed by atoms with Gasteiger partial charge in [0.2, 0.25) is 5.91 Å². The van der Waals surface area contributed by atoms with Crippen LogP contribution in [0.2, 0.25) is 0 Å². The Morgan fingerprint density at radius 3 is 2.50 bits per heavy atom. The van der Waals surface area contributed by atoms with Crippen molar-refractivity contribution in [2.24, 2.45) is 0 Å². The predicted octanol–water partition coefficient (Wildman–Crippen LogP) is 3.88. The molecule has 0 aliphatic rings. The minimum Gasteiger partial charge on any atom is -0.478 e. The van der Waals surface area contributed by atoms with E-state index in [0.29, 0.717) is 11.4 Å². The normalized spacial score (nSPS) is 10.6. The number of carbonyl (C=O) groups is 3. The van der Waals surface area contributed by atoms with Crippen LogP contribution in [-0.4, -0.2) is 22.9 Å². The van der Waals surface area contributed by atoms with E-state index in [4.69, 9.17) is 4.42 Å². The summed E-state index contributed by atoms with van der Waals surface area (Å²) in [6, 6.07) is 15.8. The molecule has 1 aromatic heterocycles. The number of carbonyl (C=O) groups excluding carboxylic acids is 2. The lowest BCUT2D eigenvalue weighted by Gasteiger charge is -2.09. The Balaban J connectivity index is 1.70. The maximum Gasteiger partial charge on any atom is 0.337 e. The first-order valence-corrected chi connectivity index (χ1v) is 8.29. The third-order valence-corrected chi connectivity index (χ3v) is 3.74. The molecule has 0 fully saturated rings. The highest BCUT2D eigenvalue weighted by Crippen LogP contribution is 2.18. The Morgan fingerprint density at radius 2 is 1.75 bits per heavy atom. The molecular formula is C21H16N2O5. The van der Waals surface area contributed by atoms with Crippen LogP contribution < -0.4 is 10.6 Å². The van der Waals surface area contributed by atoms with Crippen LogP contribution in [0.5, 0.6) is 0 Å². The number of aromatic carboxylic acids is 1. The maximum absolute atomic E-state index is 12.5. The summed E-state index contributed by atoms with van der Waals surface area (Å²) in [5, 5.41) is 14.4. The minimum absolute atomic E-state index is 0.0108. The third-order valence-electron chi connectivity index (χ3n) is 3.74. The molecule has 0 saturated carbocycles. The van der Waals surface area contributed by atoms with E-state index in [1.54, 1.807) is 42.5 Å². The van der Waals surface area contributed by atoms with E-state index >= 15 is 0 Å². The molecule has 0 saturated heterocycles. The number of hydrogen-bond acceptors (Lipinski definition) is 4. The second-order valence-electron chi connectivity index (χ2n) is 5.72. The Hall–Kier alpha value is -4.13. The molecule has 0 aliphatic carbocycles. The number of amides is 2. The van der Waals surface area contributed by atoms with Gasteiger partial charge in [-0.2, -0.15) is 0 Å². The Morgan fingerprint density at radius 1 is 0.929 bits per heavy atom. The van der Waals surface area contributed by atoms with Crippen LogP contribution in [0.15, 0.2) is 77.4 Å². The molecule has 7 nitrogen and oxygen atoms in total. The second-order valence-corrected chi connectivity index (χ2v) is 5.72. The molecule has 0 unspecified atom stereocenters. The first kappa shape index (κ1) is 18.7. The SMILES string of the molecule is O=C(/C=C/c1ccco1)Nc1cccc(C(=O)Nc2ccccc2C(=O)O)c1. The van der Waals surface area contributed by atoms with Crippen molar-refractivity contribution in [3.05, 3.63) is 89.9 Å². The molecule has 0 atom stereocenters. The number of para-hydroxylation sites is 1. The molecule has 140 valence electrons. The molecule has 3 rings (SSSR count). The minimum atomic E-state index is -1.14. The van der Waals surface area contributed by atoms with Gasteiger partial charge in [0.15, 0.2) is 0 Å². The van der Waals surface area contributed by atoms with Gasteiger partial charge in [-0.05, 0) is 48.5 Å². The molecule has 0 radical (unpaired) electrons. The van der Waals surface area contributed by atoms with Gasteiger partial charge in [-0.1, -0.05) is 18.2 Å². The molecule has 3 aromatic rings. The molecule has 2 aromatic carbocycles. The van der Waals surface area contributed by atoms with Crippen molar-refractivity contribution < 1.29 is 23.9 Å². The van der Waals surface area contributed by atoms with Crippen LogP contribution >= 0.6 is 0 Å². The second kappa shape index (κ2) is 8.50. The summed E-state index contributed by atoms with van der Waals surface area (Å²) in [5.41, 5.74) is 0.875. The molecule has 28 heavy (non-hydrogen) atoms. The van der Waals surface area contributed by atoms with Crippen LogP contribution in [-0.2, 0) is 4.79 Å². The number of nitrogens with one attached hydrogen (secondary N) is 2. The highest BCUT2D eigenvalue weighted by molar-refractivity contribution is 6.09. The topological polar surface area (TPSA) is 109 Å². The molecule has 7 heteroatoms. The van der Waals surface area contributed by atoms with E-state index in [0.717, 1.165) is 0 Å². The average Bonchev–Trinajstić information content (AvgIpc) is 3.20. The number of carboxylic acid groups (broad SMARTS) is 1. The Bertz CT molecular complexity index is 1040. The lowest BCUT2D eigenvalue weighted by atomic mass is 10.1. The van der Waals surface area contributed by atoms with Gasteiger partial charge in [0.25, 0.3) is 5.91 Å². The molecular weight excluding hydrogens is 360 g/mol. The fraction of sp³-hybridized carbons (Fsp3) is 0. The standard InChI is InChI=1S/C21H16N2O5/c24-19(11-10-16-7-4-12-28-16)22-15-6-3-5-14(13-15)20(25)23-18-9-2-1-8-17(18)21(26)27/h1-13H,(H,22,24)(H,23,25)(H,26,27)/b11-10+. The number of rotatable bonds is 6. The fourth-order valence-corrected chi connectivity index (χ4v) is 2.44. The van der Waals surface area contributed by atoms with Crippen LogP contribution in [0.4, 0.5) is 11.4 Å². The molecule has 0 aliphatic heterocycles. The van der Waals surface area contributed by atoms with E-state index in [1.165, 1.54) is 36.6 Å². The number of benzene rings is 2. The average molecular weight is 376 g/mol. The molecule has 1 heterocycles. The number of hydrogen-bond donors (Lipinski definition) is 3. The monoisotopic (exact) mass is 376 g/mol. The summed E-state index contributed by atoms with van der Waals surface area (Å²) in [4.78, 5) is 35.7. The molecule has 3 N–H and O–H groups in total. The van der Waals surface area contributed by atoms with Crippen molar-refractivity contribution in [1.29, 1.82) is 0 Å². The van der Waals surface area contributed by atoms with E-state index in [9.17, 15) is 19.5 Å². The Labute approximate surface area is 160 Å². The molecule has 0 spiro atoms. The van der Waals surface area contributed by atoms with Crippen LogP contribution in [0.25, 0.3) is 6.08 Å². The van der Waals surface area contributed by atoms with Crippen molar-refractivity contribution in [3.63, 3.8) is 0 Å². The summed E-state index contributed by atoms with van der Waals surface area (Å²) in [6.45, 7) is 0. The molecule has 2 amide bonds. The zero-order chi connectivity index (χ0) is 19.9. The van der Waals surface area contributed by atoms with Crippen molar-refractivity contribution in [1.82, 2.24) is 0 Å². The van der Waals surface area contributed by atoms with E-state index in [-0.39, 0.29) is 22.7 Å². The summed E-state index contributed by atoms with van der Waals surface area (Å²) in [7, 11) is 0. The van der Waals surface area contributed by atoms with Crippen LogP contribution in [0.3, 0.4) is 0 Å². The van der Waals surface area contributed by atoms with Crippen LogP contribution in [0.1, 0.15) is 26.5 Å². The predicted molar refractivity (Wildman–Crippen MR) is 104 cm³/mol. The summed E-state index contributed by atoms with van der Waals surface area (Å²) in [6.07, 6.45) is 4.34.